The molecular weight excluding hydrogens is 316 g/mol. The molecule has 0 N–H and O–H groups in total. The van der Waals surface area contributed by atoms with E-state index in [1.807, 2.05) is 18.2 Å². The van der Waals surface area contributed by atoms with Gasteiger partial charge in [-0.2, -0.15) is 0 Å². The second-order valence-electron chi connectivity index (χ2n) is 7.61. The summed E-state index contributed by atoms with van der Waals surface area (Å²) in [4.78, 5) is 9.77. The highest BCUT2D eigenvalue weighted by molar-refractivity contribution is 5.93. The molecule has 0 unspecified atom stereocenters. The van der Waals surface area contributed by atoms with Gasteiger partial charge in [0.2, 0.25) is 0 Å². The Morgan fingerprint density at radius 2 is 1.27 bits per heavy atom. The molecule has 0 bridgehead atoms. The summed E-state index contributed by atoms with van der Waals surface area (Å²) in [6.45, 7) is 6.46. The molecular formula is C24H22N2. The van der Waals surface area contributed by atoms with E-state index in [-0.39, 0.29) is 5.41 Å². The van der Waals surface area contributed by atoms with Gasteiger partial charge in [-0.1, -0.05) is 87.5 Å². The highest BCUT2D eigenvalue weighted by Crippen LogP contribution is 2.31. The minimum absolute atomic E-state index is 0.101. The Bertz CT molecular complexity index is 1060. The summed E-state index contributed by atoms with van der Waals surface area (Å²) in [6.07, 6.45) is 0. The Kier molecular flexibility index (Phi) is 4.04. The van der Waals surface area contributed by atoms with Gasteiger partial charge in [-0.3, -0.25) is 0 Å². The van der Waals surface area contributed by atoms with Crippen molar-refractivity contribution in [2.24, 2.45) is 0 Å². The minimum Gasteiger partial charge on any atom is -0.232 e. The summed E-state index contributed by atoms with van der Waals surface area (Å²) in [5.74, 6) is 0.872. The average molecular weight is 338 g/mol. The maximum absolute atomic E-state index is 4.97. The lowest BCUT2D eigenvalue weighted by Crippen LogP contribution is -2.16. The van der Waals surface area contributed by atoms with Gasteiger partial charge >= 0.3 is 0 Å². The third-order valence-electron chi connectivity index (χ3n) is 4.52. The van der Waals surface area contributed by atoms with Gasteiger partial charge in [0.05, 0.1) is 11.2 Å². The van der Waals surface area contributed by atoms with Crippen LogP contribution in [0.5, 0.6) is 0 Å². The molecule has 128 valence electrons. The Morgan fingerprint density at radius 3 is 2.04 bits per heavy atom. The fourth-order valence-corrected chi connectivity index (χ4v) is 3.11. The second kappa shape index (κ2) is 6.38. The lowest BCUT2D eigenvalue weighted by Gasteiger charge is -2.19. The van der Waals surface area contributed by atoms with Crippen molar-refractivity contribution in [2.75, 3.05) is 0 Å². The first kappa shape index (κ1) is 16.5. The van der Waals surface area contributed by atoms with Gasteiger partial charge < -0.3 is 0 Å². The molecule has 1 heterocycles. The topological polar surface area (TPSA) is 25.8 Å². The highest BCUT2D eigenvalue weighted by Gasteiger charge is 2.20. The Labute approximate surface area is 154 Å². The van der Waals surface area contributed by atoms with Crippen LogP contribution in [0.3, 0.4) is 0 Å². The number of para-hydroxylation sites is 1. The van der Waals surface area contributed by atoms with Crippen LogP contribution >= 0.6 is 0 Å². The van der Waals surface area contributed by atoms with E-state index in [1.165, 1.54) is 11.1 Å². The average Bonchev–Trinajstić information content (AvgIpc) is 2.67. The van der Waals surface area contributed by atoms with Crippen molar-refractivity contribution in [3.05, 3.63) is 84.7 Å². The van der Waals surface area contributed by atoms with Crippen LogP contribution in [-0.4, -0.2) is 9.97 Å². The van der Waals surface area contributed by atoms with E-state index >= 15 is 0 Å². The molecule has 2 heteroatoms. The third-order valence-corrected chi connectivity index (χ3v) is 4.52. The zero-order chi connectivity index (χ0) is 18.1. The lowest BCUT2D eigenvalue weighted by molar-refractivity contribution is 0.549. The predicted molar refractivity (Wildman–Crippen MR) is 109 cm³/mol. The number of hydrogen-bond donors (Lipinski definition) is 0. The van der Waals surface area contributed by atoms with E-state index in [4.69, 9.17) is 9.97 Å². The van der Waals surface area contributed by atoms with Gasteiger partial charge in [0.15, 0.2) is 0 Å². The second-order valence-corrected chi connectivity index (χ2v) is 7.61. The fourth-order valence-electron chi connectivity index (χ4n) is 3.11. The van der Waals surface area contributed by atoms with Crippen LogP contribution in [-0.2, 0) is 5.41 Å². The largest absolute Gasteiger partial charge is 0.232 e. The molecule has 0 fully saturated rings. The van der Waals surface area contributed by atoms with Crippen LogP contribution in [0.25, 0.3) is 33.3 Å². The zero-order valence-electron chi connectivity index (χ0n) is 15.4. The molecule has 3 aromatic carbocycles. The van der Waals surface area contributed by atoms with Crippen LogP contribution in [0.15, 0.2) is 78.9 Å². The summed E-state index contributed by atoms with van der Waals surface area (Å²) in [5.41, 5.74) is 5.42. The number of hydrogen-bond acceptors (Lipinski definition) is 2. The number of nitrogens with zero attached hydrogens (tertiary/aromatic N) is 2. The number of aromatic nitrogens is 2. The van der Waals surface area contributed by atoms with E-state index in [1.54, 1.807) is 0 Å². The molecule has 0 saturated heterocycles. The normalized spacial score (nSPS) is 11.7. The molecule has 4 rings (SSSR count). The van der Waals surface area contributed by atoms with Crippen molar-refractivity contribution in [1.29, 1.82) is 0 Å². The smallest absolute Gasteiger partial charge is 0.135 e. The van der Waals surface area contributed by atoms with E-state index in [0.717, 1.165) is 28.0 Å². The number of rotatable bonds is 2. The maximum atomic E-state index is 4.97. The molecule has 26 heavy (non-hydrogen) atoms. The lowest BCUT2D eigenvalue weighted by atomic mass is 9.94. The van der Waals surface area contributed by atoms with Crippen molar-refractivity contribution in [1.82, 2.24) is 9.97 Å². The third kappa shape index (κ3) is 3.11. The Balaban J connectivity index is 1.94. The molecule has 4 aromatic rings. The molecule has 0 aliphatic carbocycles. The summed E-state index contributed by atoms with van der Waals surface area (Å²) < 4.78 is 0. The van der Waals surface area contributed by atoms with Crippen LogP contribution in [0, 0.1) is 0 Å². The fraction of sp³-hybridized carbons (Fsp3) is 0.167. The van der Waals surface area contributed by atoms with E-state index in [2.05, 4.69) is 81.4 Å². The van der Waals surface area contributed by atoms with Gasteiger partial charge in [-0.15, -0.1) is 0 Å². The first-order chi connectivity index (χ1) is 12.5. The zero-order valence-corrected chi connectivity index (χ0v) is 15.4. The number of fused-ring (bicyclic) bond motifs is 1. The van der Waals surface area contributed by atoms with Crippen molar-refractivity contribution in [2.45, 2.75) is 26.2 Å². The van der Waals surface area contributed by atoms with Crippen molar-refractivity contribution in [3.8, 4) is 22.4 Å². The summed E-state index contributed by atoms with van der Waals surface area (Å²) in [7, 11) is 0. The molecule has 2 nitrogen and oxygen atoms in total. The van der Waals surface area contributed by atoms with Crippen LogP contribution in [0.2, 0.25) is 0 Å². The molecule has 0 aliphatic rings. The van der Waals surface area contributed by atoms with Crippen molar-refractivity contribution < 1.29 is 0 Å². The van der Waals surface area contributed by atoms with Crippen molar-refractivity contribution >= 4 is 10.9 Å². The quantitative estimate of drug-likeness (QED) is 0.431. The van der Waals surface area contributed by atoms with Gasteiger partial charge in [-0.05, 0) is 23.3 Å². The highest BCUT2D eigenvalue weighted by atomic mass is 14.9. The summed E-state index contributed by atoms with van der Waals surface area (Å²) >= 11 is 0. The first-order valence-electron chi connectivity index (χ1n) is 8.95. The molecule has 0 radical (unpaired) electrons. The molecule has 0 saturated carbocycles. The Hall–Kier alpha value is -3.00. The molecule has 1 aromatic heterocycles. The van der Waals surface area contributed by atoms with E-state index < -0.39 is 0 Å². The van der Waals surface area contributed by atoms with Crippen LogP contribution in [0.1, 0.15) is 26.6 Å². The summed E-state index contributed by atoms with van der Waals surface area (Å²) in [5, 5.41) is 1.09. The van der Waals surface area contributed by atoms with Crippen molar-refractivity contribution in [3.63, 3.8) is 0 Å². The molecule has 0 aliphatic heterocycles. The van der Waals surface area contributed by atoms with Crippen LogP contribution < -0.4 is 0 Å². The van der Waals surface area contributed by atoms with Gasteiger partial charge in [0.25, 0.3) is 0 Å². The van der Waals surface area contributed by atoms with Gasteiger partial charge in [0.1, 0.15) is 5.82 Å². The molecule has 0 spiro atoms. The number of benzene rings is 3. The predicted octanol–water partition coefficient (Wildman–Crippen LogP) is 6.26. The maximum Gasteiger partial charge on any atom is 0.135 e. The molecule has 0 amide bonds. The van der Waals surface area contributed by atoms with Gasteiger partial charge in [-0.25, -0.2) is 9.97 Å². The molecule has 0 atom stereocenters. The summed E-state index contributed by atoms with van der Waals surface area (Å²) in [6, 6.07) is 27.3. The minimum atomic E-state index is -0.101. The first-order valence-corrected chi connectivity index (χ1v) is 8.95. The van der Waals surface area contributed by atoms with E-state index in [0.29, 0.717) is 0 Å². The Morgan fingerprint density at radius 1 is 0.615 bits per heavy atom. The monoisotopic (exact) mass is 338 g/mol. The SMILES string of the molecule is CC(C)(C)c1nc(-c2cccc(-c3ccccc3)c2)c2ccccc2n1. The van der Waals surface area contributed by atoms with Gasteiger partial charge in [0, 0.05) is 16.4 Å². The van der Waals surface area contributed by atoms with E-state index in [9.17, 15) is 0 Å². The standard InChI is InChI=1S/C24H22N2/c1-24(2,3)23-25-21-15-8-7-14-20(21)22(26-23)19-13-9-12-18(16-19)17-10-5-4-6-11-17/h4-16H,1-3H3. The van der Waals surface area contributed by atoms with Crippen LogP contribution in [0.4, 0.5) is 0 Å².